The minimum atomic E-state index is -0.154. The lowest BCUT2D eigenvalue weighted by Gasteiger charge is -2.23. The number of nitriles is 1. The Balaban J connectivity index is 1.41. The van der Waals surface area contributed by atoms with Gasteiger partial charge in [-0.3, -0.25) is 4.79 Å². The van der Waals surface area contributed by atoms with Crippen LogP contribution in [0.25, 0.3) is 10.8 Å². The van der Waals surface area contributed by atoms with Gasteiger partial charge in [-0.05, 0) is 42.1 Å². The second-order valence-electron chi connectivity index (χ2n) is 7.28. The van der Waals surface area contributed by atoms with Crippen LogP contribution in [-0.4, -0.2) is 47.9 Å². The van der Waals surface area contributed by atoms with E-state index in [9.17, 15) is 9.59 Å². The average molecular weight is 398 g/mol. The molecule has 4 rings (SSSR count). The van der Waals surface area contributed by atoms with Gasteiger partial charge in [0.1, 0.15) is 0 Å². The van der Waals surface area contributed by atoms with E-state index in [4.69, 9.17) is 5.26 Å². The van der Waals surface area contributed by atoms with Crippen molar-refractivity contribution in [3.05, 3.63) is 77.9 Å². The first-order valence-corrected chi connectivity index (χ1v) is 9.99. The van der Waals surface area contributed by atoms with Crippen LogP contribution in [0.1, 0.15) is 22.3 Å². The lowest BCUT2D eigenvalue weighted by Crippen LogP contribution is -2.39. The number of fused-ring (bicyclic) bond motifs is 1. The number of carbonyl (C=O) groups is 2. The molecule has 0 atom stereocenters. The van der Waals surface area contributed by atoms with Crippen molar-refractivity contribution in [3.8, 4) is 6.07 Å². The monoisotopic (exact) mass is 398 g/mol. The second-order valence-corrected chi connectivity index (χ2v) is 7.28. The van der Waals surface area contributed by atoms with E-state index < -0.39 is 0 Å². The molecular weight excluding hydrogens is 376 g/mol. The number of nitrogens with one attached hydrogen (secondary N) is 1. The molecular formula is C24H22N4O2. The molecule has 0 bridgehead atoms. The van der Waals surface area contributed by atoms with E-state index in [-0.39, 0.29) is 11.9 Å². The summed E-state index contributed by atoms with van der Waals surface area (Å²) in [5.41, 5.74) is 1.87. The van der Waals surface area contributed by atoms with Gasteiger partial charge in [-0.2, -0.15) is 5.26 Å². The van der Waals surface area contributed by atoms with Gasteiger partial charge in [-0.25, -0.2) is 4.79 Å². The number of anilines is 1. The van der Waals surface area contributed by atoms with Crippen molar-refractivity contribution < 1.29 is 9.59 Å². The summed E-state index contributed by atoms with van der Waals surface area (Å²) in [6.07, 6.45) is 0.713. The molecule has 0 unspecified atom stereocenters. The van der Waals surface area contributed by atoms with Gasteiger partial charge in [-0.1, -0.05) is 36.4 Å². The number of urea groups is 1. The summed E-state index contributed by atoms with van der Waals surface area (Å²) in [5.74, 6) is -0.0733. The van der Waals surface area contributed by atoms with Crippen LogP contribution in [-0.2, 0) is 0 Å². The molecule has 1 aliphatic rings. The van der Waals surface area contributed by atoms with Crippen LogP contribution in [0.4, 0.5) is 10.5 Å². The van der Waals surface area contributed by atoms with Crippen molar-refractivity contribution in [1.82, 2.24) is 9.80 Å². The van der Waals surface area contributed by atoms with Crippen LogP contribution >= 0.6 is 0 Å². The Morgan fingerprint density at radius 1 is 0.833 bits per heavy atom. The zero-order valence-corrected chi connectivity index (χ0v) is 16.5. The van der Waals surface area contributed by atoms with E-state index in [0.29, 0.717) is 43.7 Å². The second kappa shape index (κ2) is 8.66. The smallest absolute Gasteiger partial charge is 0.321 e. The standard InChI is InChI=1S/C24H22N4O2/c25-17-18-9-11-20(12-10-18)23(29)27-13-4-14-28(16-15-27)24(30)26-22-8-3-6-19-5-1-2-7-21(19)22/h1-3,5-12H,4,13-16H2,(H,26,30). The summed E-state index contributed by atoms with van der Waals surface area (Å²) in [7, 11) is 0. The lowest BCUT2D eigenvalue weighted by molar-refractivity contribution is 0.0762. The first kappa shape index (κ1) is 19.5. The predicted octanol–water partition coefficient (Wildman–Crippen LogP) is 4.09. The Kier molecular flexibility index (Phi) is 5.62. The number of amides is 3. The molecule has 1 heterocycles. The van der Waals surface area contributed by atoms with Crippen LogP contribution in [0, 0.1) is 11.3 Å². The van der Waals surface area contributed by atoms with Gasteiger partial charge >= 0.3 is 6.03 Å². The van der Waals surface area contributed by atoms with Crippen molar-refractivity contribution in [1.29, 1.82) is 5.26 Å². The summed E-state index contributed by atoms with van der Waals surface area (Å²) in [6.45, 7) is 2.13. The maximum atomic E-state index is 12.9. The van der Waals surface area contributed by atoms with Gasteiger partial charge in [0.2, 0.25) is 0 Å². The minimum absolute atomic E-state index is 0.0733. The molecule has 6 heteroatoms. The molecule has 0 aliphatic carbocycles. The Morgan fingerprint density at radius 3 is 2.33 bits per heavy atom. The number of hydrogen-bond acceptors (Lipinski definition) is 3. The third kappa shape index (κ3) is 4.11. The fourth-order valence-corrected chi connectivity index (χ4v) is 3.72. The number of hydrogen-bond donors (Lipinski definition) is 1. The number of rotatable bonds is 2. The van der Waals surface area contributed by atoms with Gasteiger partial charge < -0.3 is 15.1 Å². The molecule has 1 fully saturated rings. The molecule has 0 spiro atoms. The molecule has 30 heavy (non-hydrogen) atoms. The molecule has 0 radical (unpaired) electrons. The summed E-state index contributed by atoms with van der Waals surface area (Å²) in [4.78, 5) is 29.2. The fraction of sp³-hybridized carbons (Fsp3) is 0.208. The first-order chi connectivity index (χ1) is 14.7. The van der Waals surface area contributed by atoms with Crippen LogP contribution in [0.2, 0.25) is 0 Å². The van der Waals surface area contributed by atoms with E-state index in [1.54, 1.807) is 34.1 Å². The Labute approximate surface area is 175 Å². The Hall–Kier alpha value is -3.85. The van der Waals surface area contributed by atoms with Crippen molar-refractivity contribution in [2.75, 3.05) is 31.5 Å². The van der Waals surface area contributed by atoms with Gasteiger partial charge in [0.25, 0.3) is 5.91 Å². The SMILES string of the molecule is N#Cc1ccc(C(=O)N2CCCN(C(=O)Nc3cccc4ccccc34)CC2)cc1. The van der Waals surface area contributed by atoms with E-state index >= 15 is 0 Å². The zero-order valence-electron chi connectivity index (χ0n) is 16.5. The largest absolute Gasteiger partial charge is 0.337 e. The van der Waals surface area contributed by atoms with Crippen LogP contribution in [0.3, 0.4) is 0 Å². The molecule has 3 aromatic carbocycles. The third-order valence-electron chi connectivity index (χ3n) is 5.36. The Bertz CT molecular complexity index is 1110. The van der Waals surface area contributed by atoms with Crippen molar-refractivity contribution >= 4 is 28.4 Å². The topological polar surface area (TPSA) is 76.4 Å². The molecule has 150 valence electrons. The molecule has 3 aromatic rings. The Morgan fingerprint density at radius 2 is 1.53 bits per heavy atom. The number of nitrogens with zero attached hydrogens (tertiary/aromatic N) is 3. The molecule has 0 saturated carbocycles. The summed E-state index contributed by atoms with van der Waals surface area (Å²) < 4.78 is 0. The van der Waals surface area contributed by atoms with Gasteiger partial charge in [0.15, 0.2) is 0 Å². The summed E-state index contributed by atoms with van der Waals surface area (Å²) >= 11 is 0. The molecule has 3 amide bonds. The highest BCUT2D eigenvalue weighted by Gasteiger charge is 2.23. The van der Waals surface area contributed by atoms with E-state index in [2.05, 4.69) is 11.4 Å². The molecule has 1 saturated heterocycles. The van der Waals surface area contributed by atoms with Crippen LogP contribution in [0.15, 0.2) is 66.7 Å². The van der Waals surface area contributed by atoms with Gasteiger partial charge in [0, 0.05) is 37.1 Å². The highest BCUT2D eigenvalue weighted by Crippen LogP contribution is 2.23. The first-order valence-electron chi connectivity index (χ1n) is 9.99. The minimum Gasteiger partial charge on any atom is -0.337 e. The predicted molar refractivity (Wildman–Crippen MR) is 116 cm³/mol. The third-order valence-corrected chi connectivity index (χ3v) is 5.36. The molecule has 6 nitrogen and oxygen atoms in total. The zero-order chi connectivity index (χ0) is 20.9. The molecule has 1 aliphatic heterocycles. The highest BCUT2D eigenvalue weighted by molar-refractivity contribution is 6.01. The number of benzene rings is 3. The summed E-state index contributed by atoms with van der Waals surface area (Å²) in [6, 6.07) is 22.3. The molecule has 0 aromatic heterocycles. The maximum Gasteiger partial charge on any atom is 0.321 e. The van der Waals surface area contributed by atoms with E-state index in [0.717, 1.165) is 16.5 Å². The normalized spacial score (nSPS) is 14.1. The van der Waals surface area contributed by atoms with Crippen molar-refractivity contribution in [2.24, 2.45) is 0 Å². The van der Waals surface area contributed by atoms with Gasteiger partial charge in [-0.15, -0.1) is 0 Å². The summed E-state index contributed by atoms with van der Waals surface area (Å²) in [5, 5.41) is 14.0. The quantitative estimate of drug-likeness (QED) is 0.706. The highest BCUT2D eigenvalue weighted by atomic mass is 16.2. The number of carbonyl (C=O) groups excluding carboxylic acids is 2. The van der Waals surface area contributed by atoms with E-state index in [1.165, 1.54) is 0 Å². The van der Waals surface area contributed by atoms with E-state index in [1.807, 2.05) is 42.5 Å². The van der Waals surface area contributed by atoms with Crippen molar-refractivity contribution in [3.63, 3.8) is 0 Å². The van der Waals surface area contributed by atoms with Crippen molar-refractivity contribution in [2.45, 2.75) is 6.42 Å². The maximum absolute atomic E-state index is 12.9. The average Bonchev–Trinajstić information content (AvgIpc) is 3.05. The molecule has 1 N–H and O–H groups in total. The fourth-order valence-electron chi connectivity index (χ4n) is 3.72. The van der Waals surface area contributed by atoms with Crippen LogP contribution in [0.5, 0.6) is 0 Å². The lowest BCUT2D eigenvalue weighted by atomic mass is 10.1. The van der Waals surface area contributed by atoms with Crippen LogP contribution < -0.4 is 5.32 Å². The van der Waals surface area contributed by atoms with Gasteiger partial charge in [0.05, 0.1) is 17.3 Å².